The summed E-state index contributed by atoms with van der Waals surface area (Å²) < 4.78 is 0. The van der Waals surface area contributed by atoms with Crippen LogP contribution >= 0.6 is 11.3 Å². The number of amides is 1. The highest BCUT2D eigenvalue weighted by Gasteiger charge is 2.36. The lowest BCUT2D eigenvalue weighted by molar-refractivity contribution is -0.146. The van der Waals surface area contributed by atoms with Gasteiger partial charge in [0, 0.05) is 18.0 Å². The monoisotopic (exact) mass is 253 g/mol. The first-order valence-electron chi connectivity index (χ1n) is 5.64. The van der Waals surface area contributed by atoms with Gasteiger partial charge in [0.2, 0.25) is 0 Å². The average molecular weight is 253 g/mol. The summed E-state index contributed by atoms with van der Waals surface area (Å²) in [6, 6.07) is 1.93. The smallest absolute Gasteiger partial charge is 0.310 e. The number of hydrogen-bond donors (Lipinski definition) is 1. The first-order valence-corrected chi connectivity index (χ1v) is 6.46. The Morgan fingerprint density at radius 2 is 2.18 bits per heavy atom. The third kappa shape index (κ3) is 2.20. The number of aryl methyl sites for hydroxylation is 2. The molecule has 0 unspecified atom stereocenters. The van der Waals surface area contributed by atoms with Crippen LogP contribution in [-0.4, -0.2) is 35.0 Å². The molecular formula is C12H15NO3S. The van der Waals surface area contributed by atoms with Gasteiger partial charge in [0.15, 0.2) is 0 Å². The van der Waals surface area contributed by atoms with Crippen LogP contribution < -0.4 is 0 Å². The standard InChI is InChI=1S/C12H15NO3S/c1-3-8-4-10(17-7(8)2)11(14)13-5-9(6-13)12(15)16/h4,9H,3,5-6H2,1-2H3,(H,15,16). The summed E-state index contributed by atoms with van der Waals surface area (Å²) >= 11 is 1.50. The largest absolute Gasteiger partial charge is 0.481 e. The molecule has 1 aliphatic rings. The number of thiophene rings is 1. The van der Waals surface area contributed by atoms with E-state index in [1.165, 1.54) is 21.8 Å². The fourth-order valence-corrected chi connectivity index (χ4v) is 3.01. The molecule has 4 nitrogen and oxygen atoms in total. The number of hydrogen-bond acceptors (Lipinski definition) is 3. The van der Waals surface area contributed by atoms with Crippen LogP contribution in [0, 0.1) is 12.8 Å². The van der Waals surface area contributed by atoms with Gasteiger partial charge in [-0.3, -0.25) is 9.59 Å². The Balaban J connectivity index is 2.04. The molecule has 1 aromatic heterocycles. The Morgan fingerprint density at radius 3 is 2.65 bits per heavy atom. The minimum atomic E-state index is -0.814. The van der Waals surface area contributed by atoms with E-state index in [4.69, 9.17) is 5.11 Å². The summed E-state index contributed by atoms with van der Waals surface area (Å²) in [4.78, 5) is 26.2. The van der Waals surface area contributed by atoms with Crippen molar-refractivity contribution in [3.63, 3.8) is 0 Å². The second-order valence-electron chi connectivity index (χ2n) is 4.29. The number of nitrogens with zero attached hydrogens (tertiary/aromatic N) is 1. The normalized spacial score (nSPS) is 15.8. The van der Waals surface area contributed by atoms with Crippen LogP contribution in [0.2, 0.25) is 0 Å². The topological polar surface area (TPSA) is 57.6 Å². The van der Waals surface area contributed by atoms with Crippen molar-refractivity contribution < 1.29 is 14.7 Å². The maximum Gasteiger partial charge on any atom is 0.310 e. The van der Waals surface area contributed by atoms with Gasteiger partial charge >= 0.3 is 5.97 Å². The third-order valence-corrected chi connectivity index (χ3v) is 4.21. The van der Waals surface area contributed by atoms with Crippen LogP contribution in [-0.2, 0) is 11.2 Å². The summed E-state index contributed by atoms with van der Waals surface area (Å²) in [5.74, 6) is -1.23. The molecule has 1 fully saturated rings. The molecule has 1 saturated heterocycles. The molecule has 2 rings (SSSR count). The SMILES string of the molecule is CCc1cc(C(=O)N2CC(C(=O)O)C2)sc1C. The molecule has 2 heterocycles. The summed E-state index contributed by atoms with van der Waals surface area (Å²) in [5, 5.41) is 8.75. The molecule has 0 saturated carbocycles. The van der Waals surface area contributed by atoms with Crippen LogP contribution in [0.25, 0.3) is 0 Å². The van der Waals surface area contributed by atoms with Crippen molar-refractivity contribution in [1.29, 1.82) is 0 Å². The zero-order valence-electron chi connectivity index (χ0n) is 9.90. The quantitative estimate of drug-likeness (QED) is 0.893. The Hall–Kier alpha value is -1.36. The molecular weight excluding hydrogens is 238 g/mol. The maximum atomic E-state index is 12.0. The maximum absolute atomic E-state index is 12.0. The zero-order chi connectivity index (χ0) is 12.6. The van der Waals surface area contributed by atoms with Gasteiger partial charge in [-0.05, 0) is 25.0 Å². The molecule has 1 amide bonds. The molecule has 1 aliphatic heterocycles. The predicted molar refractivity (Wildman–Crippen MR) is 65.5 cm³/mol. The van der Waals surface area contributed by atoms with Crippen LogP contribution in [0.4, 0.5) is 0 Å². The summed E-state index contributed by atoms with van der Waals surface area (Å²) in [5.41, 5.74) is 1.20. The van der Waals surface area contributed by atoms with Crippen LogP contribution in [0.3, 0.4) is 0 Å². The lowest BCUT2D eigenvalue weighted by Gasteiger charge is -2.36. The van der Waals surface area contributed by atoms with Gasteiger partial charge in [-0.1, -0.05) is 6.92 Å². The van der Waals surface area contributed by atoms with E-state index in [0.29, 0.717) is 13.1 Å². The molecule has 17 heavy (non-hydrogen) atoms. The van der Waals surface area contributed by atoms with E-state index in [1.54, 1.807) is 4.90 Å². The molecule has 0 spiro atoms. The molecule has 1 N–H and O–H groups in total. The fourth-order valence-electron chi connectivity index (χ4n) is 1.93. The summed E-state index contributed by atoms with van der Waals surface area (Å²) in [7, 11) is 0. The van der Waals surface area contributed by atoms with E-state index in [2.05, 4.69) is 6.92 Å². The second kappa shape index (κ2) is 4.49. The average Bonchev–Trinajstić information content (AvgIpc) is 2.56. The van der Waals surface area contributed by atoms with Crippen molar-refractivity contribution in [3.8, 4) is 0 Å². The van der Waals surface area contributed by atoms with Crippen molar-refractivity contribution in [1.82, 2.24) is 4.90 Å². The number of carboxylic acid groups (broad SMARTS) is 1. The van der Waals surface area contributed by atoms with Crippen molar-refractivity contribution in [2.24, 2.45) is 5.92 Å². The van der Waals surface area contributed by atoms with Crippen LogP contribution in [0.15, 0.2) is 6.07 Å². The van der Waals surface area contributed by atoms with Gasteiger partial charge in [0.1, 0.15) is 0 Å². The number of carbonyl (C=O) groups excluding carboxylic acids is 1. The molecule has 5 heteroatoms. The van der Waals surface area contributed by atoms with Crippen LogP contribution in [0.5, 0.6) is 0 Å². The van der Waals surface area contributed by atoms with Gasteiger partial charge in [-0.15, -0.1) is 11.3 Å². The first-order chi connectivity index (χ1) is 8.02. The minimum Gasteiger partial charge on any atom is -0.481 e. The zero-order valence-corrected chi connectivity index (χ0v) is 10.7. The molecule has 0 aromatic carbocycles. The number of rotatable bonds is 3. The first kappa shape index (κ1) is 12.1. The lowest BCUT2D eigenvalue weighted by atomic mass is 10.0. The van der Waals surface area contributed by atoms with Crippen molar-refractivity contribution in [3.05, 3.63) is 21.4 Å². The summed E-state index contributed by atoms with van der Waals surface area (Å²) in [6.07, 6.45) is 0.924. The molecule has 0 aliphatic carbocycles. The van der Waals surface area contributed by atoms with Crippen molar-refractivity contribution in [2.75, 3.05) is 13.1 Å². The molecule has 1 aromatic rings. The van der Waals surface area contributed by atoms with Crippen molar-refractivity contribution in [2.45, 2.75) is 20.3 Å². The van der Waals surface area contributed by atoms with Gasteiger partial charge in [0.05, 0.1) is 10.8 Å². The van der Waals surface area contributed by atoms with E-state index < -0.39 is 5.97 Å². The summed E-state index contributed by atoms with van der Waals surface area (Å²) in [6.45, 7) is 4.75. The van der Waals surface area contributed by atoms with Gasteiger partial charge in [0.25, 0.3) is 5.91 Å². The van der Waals surface area contributed by atoms with Gasteiger partial charge < -0.3 is 10.0 Å². The third-order valence-electron chi connectivity index (χ3n) is 3.13. The van der Waals surface area contributed by atoms with E-state index in [9.17, 15) is 9.59 Å². The Labute approximate surface area is 104 Å². The second-order valence-corrected chi connectivity index (χ2v) is 5.55. The molecule has 0 atom stereocenters. The van der Waals surface area contributed by atoms with Gasteiger partial charge in [-0.25, -0.2) is 0 Å². The highest BCUT2D eigenvalue weighted by atomic mass is 32.1. The highest BCUT2D eigenvalue weighted by molar-refractivity contribution is 7.14. The Morgan fingerprint density at radius 1 is 1.53 bits per heavy atom. The van der Waals surface area contributed by atoms with Gasteiger partial charge in [-0.2, -0.15) is 0 Å². The molecule has 0 bridgehead atoms. The Kier molecular flexibility index (Phi) is 3.19. The van der Waals surface area contributed by atoms with E-state index in [-0.39, 0.29) is 11.8 Å². The number of carbonyl (C=O) groups is 2. The highest BCUT2D eigenvalue weighted by Crippen LogP contribution is 2.26. The fraction of sp³-hybridized carbons (Fsp3) is 0.500. The van der Waals surface area contributed by atoms with Crippen molar-refractivity contribution >= 4 is 23.2 Å². The van der Waals surface area contributed by atoms with E-state index in [0.717, 1.165) is 11.3 Å². The Bertz CT molecular complexity index is 460. The predicted octanol–water partition coefficient (Wildman–Crippen LogP) is 1.78. The number of carboxylic acids is 1. The van der Waals surface area contributed by atoms with Crippen LogP contribution in [0.1, 0.15) is 27.0 Å². The number of aliphatic carboxylic acids is 1. The molecule has 0 radical (unpaired) electrons. The van der Waals surface area contributed by atoms with E-state index in [1.807, 2.05) is 13.0 Å². The molecule has 92 valence electrons. The number of likely N-dealkylation sites (tertiary alicyclic amines) is 1. The lowest BCUT2D eigenvalue weighted by Crippen LogP contribution is -2.52. The minimum absolute atomic E-state index is 0.0321. The van der Waals surface area contributed by atoms with E-state index >= 15 is 0 Å².